The number of amides is 1. The Morgan fingerprint density at radius 1 is 1.53 bits per heavy atom. The van der Waals surface area contributed by atoms with Gasteiger partial charge in [0.2, 0.25) is 0 Å². The van der Waals surface area contributed by atoms with Crippen molar-refractivity contribution in [1.29, 1.82) is 5.26 Å². The lowest BCUT2D eigenvalue weighted by Gasteiger charge is -2.02. The number of nitriles is 1. The molecular weight excluding hydrogens is 302 g/mol. The molecule has 0 saturated heterocycles. The molecular formula is C11H6BrN3OS. The number of hydrogen-bond acceptors (Lipinski definition) is 4. The number of halogens is 1. The first kappa shape index (κ1) is 11.8. The Morgan fingerprint density at radius 3 is 3.00 bits per heavy atom. The Morgan fingerprint density at radius 2 is 2.35 bits per heavy atom. The quantitative estimate of drug-likeness (QED) is 0.927. The number of thiazole rings is 1. The summed E-state index contributed by atoms with van der Waals surface area (Å²) < 4.78 is 0.637. The topological polar surface area (TPSA) is 65.8 Å². The maximum atomic E-state index is 11.8. The molecule has 84 valence electrons. The third-order valence-corrected chi connectivity index (χ3v) is 3.47. The van der Waals surface area contributed by atoms with Crippen LogP contribution in [0.15, 0.2) is 34.2 Å². The van der Waals surface area contributed by atoms with Crippen LogP contribution in [0.25, 0.3) is 0 Å². The van der Waals surface area contributed by atoms with Crippen LogP contribution in [0.5, 0.6) is 0 Å². The van der Waals surface area contributed by atoms with Crippen LogP contribution in [-0.4, -0.2) is 10.9 Å². The van der Waals surface area contributed by atoms with Crippen LogP contribution in [0.4, 0.5) is 5.69 Å². The number of carbonyl (C=O) groups excluding carboxylic acids is 1. The Hall–Kier alpha value is -1.71. The van der Waals surface area contributed by atoms with Gasteiger partial charge in [-0.3, -0.25) is 4.79 Å². The lowest BCUT2D eigenvalue weighted by atomic mass is 10.2. The van der Waals surface area contributed by atoms with E-state index in [9.17, 15) is 4.79 Å². The number of nitrogens with zero attached hydrogens (tertiary/aromatic N) is 2. The smallest absolute Gasteiger partial charge is 0.284 e. The van der Waals surface area contributed by atoms with Gasteiger partial charge in [-0.25, -0.2) is 4.98 Å². The van der Waals surface area contributed by atoms with E-state index >= 15 is 0 Å². The van der Waals surface area contributed by atoms with E-state index in [1.54, 1.807) is 29.6 Å². The van der Waals surface area contributed by atoms with Crippen molar-refractivity contribution < 1.29 is 4.79 Å². The number of anilines is 1. The number of nitrogens with one attached hydrogen (secondary N) is 1. The summed E-state index contributed by atoms with van der Waals surface area (Å²) in [4.78, 5) is 15.8. The van der Waals surface area contributed by atoms with Crippen molar-refractivity contribution in [2.24, 2.45) is 0 Å². The molecule has 0 fully saturated rings. The minimum Gasteiger partial charge on any atom is -0.320 e. The number of benzene rings is 1. The summed E-state index contributed by atoms with van der Waals surface area (Å²) in [5.41, 5.74) is 1.09. The predicted octanol–water partition coefficient (Wildman–Crippen LogP) is 3.03. The van der Waals surface area contributed by atoms with E-state index < -0.39 is 0 Å². The largest absolute Gasteiger partial charge is 0.320 e. The van der Waals surface area contributed by atoms with Gasteiger partial charge in [0.25, 0.3) is 5.91 Å². The van der Waals surface area contributed by atoms with E-state index in [-0.39, 0.29) is 5.91 Å². The first-order chi connectivity index (χ1) is 8.19. The van der Waals surface area contributed by atoms with Crippen molar-refractivity contribution in [1.82, 2.24) is 4.98 Å². The maximum Gasteiger partial charge on any atom is 0.284 e. The zero-order valence-electron chi connectivity index (χ0n) is 8.48. The minimum absolute atomic E-state index is 0.282. The molecule has 1 aromatic heterocycles. The summed E-state index contributed by atoms with van der Waals surface area (Å²) in [7, 11) is 0. The third kappa shape index (κ3) is 2.90. The van der Waals surface area contributed by atoms with Crippen LogP contribution in [0, 0.1) is 11.3 Å². The van der Waals surface area contributed by atoms with Gasteiger partial charge < -0.3 is 5.32 Å². The van der Waals surface area contributed by atoms with Crippen LogP contribution in [0.1, 0.15) is 15.4 Å². The Balaban J connectivity index is 2.16. The highest BCUT2D eigenvalue weighted by Gasteiger charge is 2.10. The molecule has 0 bridgehead atoms. The van der Waals surface area contributed by atoms with E-state index in [2.05, 4.69) is 26.2 Å². The molecule has 0 aliphatic carbocycles. The van der Waals surface area contributed by atoms with Gasteiger partial charge in [0.15, 0.2) is 5.01 Å². The average Bonchev–Trinajstić information content (AvgIpc) is 2.76. The van der Waals surface area contributed by atoms with E-state index in [0.717, 1.165) is 0 Å². The normalized spacial score (nSPS) is 9.65. The molecule has 0 spiro atoms. The first-order valence-corrected chi connectivity index (χ1v) is 6.29. The molecule has 1 N–H and O–H groups in total. The van der Waals surface area contributed by atoms with Crippen LogP contribution in [-0.2, 0) is 0 Å². The molecule has 0 saturated carbocycles. The summed E-state index contributed by atoms with van der Waals surface area (Å²) in [6.07, 6.45) is 0. The van der Waals surface area contributed by atoms with Gasteiger partial charge in [-0.1, -0.05) is 6.07 Å². The molecule has 2 rings (SSSR count). The van der Waals surface area contributed by atoms with Crippen molar-refractivity contribution in [3.63, 3.8) is 0 Å². The molecule has 6 heteroatoms. The van der Waals surface area contributed by atoms with Gasteiger partial charge in [-0.2, -0.15) is 5.26 Å². The Kier molecular flexibility index (Phi) is 3.52. The van der Waals surface area contributed by atoms with E-state index in [4.69, 9.17) is 5.26 Å². The van der Waals surface area contributed by atoms with E-state index in [1.165, 1.54) is 11.3 Å². The van der Waals surface area contributed by atoms with Crippen LogP contribution in [0.3, 0.4) is 0 Å². The molecule has 1 heterocycles. The highest BCUT2D eigenvalue weighted by molar-refractivity contribution is 9.10. The summed E-state index contributed by atoms with van der Waals surface area (Å²) in [5, 5.41) is 13.5. The molecule has 1 amide bonds. The summed E-state index contributed by atoms with van der Waals surface area (Å²) in [6, 6.07) is 8.74. The van der Waals surface area contributed by atoms with Gasteiger partial charge >= 0.3 is 0 Å². The Labute approximate surface area is 110 Å². The molecule has 4 nitrogen and oxygen atoms in total. The molecule has 17 heavy (non-hydrogen) atoms. The van der Waals surface area contributed by atoms with E-state index in [0.29, 0.717) is 20.9 Å². The van der Waals surface area contributed by atoms with Crippen molar-refractivity contribution in [3.8, 4) is 6.07 Å². The standard InChI is InChI=1S/C11H6BrN3OS/c12-9-6-17-11(15-9)10(16)14-8-3-1-2-7(4-8)5-13/h1-4,6H,(H,14,16). The average molecular weight is 308 g/mol. The van der Waals surface area contributed by atoms with Crippen molar-refractivity contribution in [2.75, 3.05) is 5.32 Å². The zero-order valence-corrected chi connectivity index (χ0v) is 10.9. The van der Waals surface area contributed by atoms with Crippen molar-refractivity contribution >= 4 is 38.9 Å². The number of hydrogen-bond donors (Lipinski definition) is 1. The molecule has 0 atom stereocenters. The highest BCUT2D eigenvalue weighted by atomic mass is 79.9. The van der Waals surface area contributed by atoms with Gasteiger partial charge in [0.1, 0.15) is 4.60 Å². The number of rotatable bonds is 2. The molecule has 0 radical (unpaired) electrons. The van der Waals surface area contributed by atoms with Crippen LogP contribution >= 0.6 is 27.3 Å². The molecule has 0 aliphatic rings. The van der Waals surface area contributed by atoms with Gasteiger partial charge in [-0.05, 0) is 34.1 Å². The predicted molar refractivity (Wildman–Crippen MR) is 68.9 cm³/mol. The second-order valence-corrected chi connectivity index (χ2v) is 4.79. The molecule has 2 aromatic rings. The van der Waals surface area contributed by atoms with Gasteiger partial charge in [0, 0.05) is 11.1 Å². The summed E-state index contributed by atoms with van der Waals surface area (Å²) >= 11 is 4.44. The minimum atomic E-state index is -0.282. The van der Waals surface area contributed by atoms with Crippen LogP contribution in [0.2, 0.25) is 0 Å². The lowest BCUT2D eigenvalue weighted by Crippen LogP contribution is -2.11. The van der Waals surface area contributed by atoms with Crippen molar-refractivity contribution in [2.45, 2.75) is 0 Å². The fourth-order valence-electron chi connectivity index (χ4n) is 1.21. The maximum absolute atomic E-state index is 11.8. The molecule has 0 aliphatic heterocycles. The van der Waals surface area contributed by atoms with Gasteiger partial charge in [0.05, 0.1) is 11.6 Å². The van der Waals surface area contributed by atoms with Crippen molar-refractivity contribution in [3.05, 3.63) is 44.8 Å². The summed E-state index contributed by atoms with van der Waals surface area (Å²) in [6.45, 7) is 0. The second kappa shape index (κ2) is 5.08. The monoisotopic (exact) mass is 307 g/mol. The Bertz CT molecular complexity index is 603. The fraction of sp³-hybridized carbons (Fsp3) is 0. The van der Waals surface area contributed by atoms with Crippen LogP contribution < -0.4 is 5.32 Å². The SMILES string of the molecule is N#Cc1cccc(NC(=O)c2nc(Br)cs2)c1. The second-order valence-electron chi connectivity index (χ2n) is 3.12. The molecule has 1 aromatic carbocycles. The van der Waals surface area contributed by atoms with E-state index in [1.807, 2.05) is 6.07 Å². The highest BCUT2D eigenvalue weighted by Crippen LogP contribution is 2.17. The number of carbonyl (C=O) groups is 1. The molecule has 0 unspecified atom stereocenters. The zero-order chi connectivity index (χ0) is 12.3. The lowest BCUT2D eigenvalue weighted by molar-refractivity contribution is 0.102. The first-order valence-electron chi connectivity index (χ1n) is 4.61. The summed E-state index contributed by atoms with van der Waals surface area (Å²) in [5.74, 6) is -0.282. The number of aromatic nitrogens is 1. The third-order valence-electron chi connectivity index (χ3n) is 1.92. The fourth-order valence-corrected chi connectivity index (χ4v) is 2.36. The van der Waals surface area contributed by atoms with Gasteiger partial charge in [-0.15, -0.1) is 11.3 Å².